The predicted molar refractivity (Wildman–Crippen MR) is 122 cm³/mol. The molecule has 0 saturated heterocycles. The molecule has 3 aromatic carbocycles. The second kappa shape index (κ2) is 9.35. The van der Waals surface area contributed by atoms with E-state index in [0.717, 1.165) is 33.5 Å². The molecule has 0 radical (unpaired) electrons. The Morgan fingerprint density at radius 1 is 0.935 bits per heavy atom. The van der Waals surface area contributed by atoms with E-state index >= 15 is 0 Å². The van der Waals surface area contributed by atoms with Gasteiger partial charge in [0.15, 0.2) is 0 Å². The highest BCUT2D eigenvalue weighted by molar-refractivity contribution is 5.87. The SMILES string of the molecule is Cc1c(-c2ccc(-c3ccccc3)c(CNCCO)c2)nc2ccc(F)cc2c1CO. The maximum absolute atomic E-state index is 13.8. The maximum Gasteiger partial charge on any atom is 0.123 e. The van der Waals surface area contributed by atoms with E-state index in [0.29, 0.717) is 29.6 Å². The number of halogens is 1. The fraction of sp³-hybridized carbons (Fsp3) is 0.192. The van der Waals surface area contributed by atoms with Crippen LogP contribution in [0.2, 0.25) is 0 Å². The summed E-state index contributed by atoms with van der Waals surface area (Å²) in [4.78, 5) is 4.80. The van der Waals surface area contributed by atoms with E-state index in [1.807, 2.05) is 31.2 Å². The van der Waals surface area contributed by atoms with Crippen molar-refractivity contribution in [2.45, 2.75) is 20.1 Å². The summed E-state index contributed by atoms with van der Waals surface area (Å²) < 4.78 is 13.8. The smallest absolute Gasteiger partial charge is 0.123 e. The van der Waals surface area contributed by atoms with Crippen LogP contribution in [0.5, 0.6) is 0 Å². The topological polar surface area (TPSA) is 65.4 Å². The summed E-state index contributed by atoms with van der Waals surface area (Å²) in [7, 11) is 0. The number of fused-ring (bicyclic) bond motifs is 1. The Morgan fingerprint density at radius 3 is 2.48 bits per heavy atom. The van der Waals surface area contributed by atoms with Crippen molar-refractivity contribution in [3.05, 3.63) is 89.2 Å². The van der Waals surface area contributed by atoms with Gasteiger partial charge in [-0.1, -0.05) is 42.5 Å². The Bertz CT molecular complexity index is 1210. The molecule has 4 rings (SSSR count). The third kappa shape index (κ3) is 4.35. The summed E-state index contributed by atoms with van der Waals surface area (Å²) in [5.41, 5.74) is 7.18. The number of aliphatic hydroxyl groups is 2. The van der Waals surface area contributed by atoms with E-state index < -0.39 is 0 Å². The summed E-state index contributed by atoms with van der Waals surface area (Å²) in [5, 5.41) is 23.0. The number of rotatable bonds is 7. The fourth-order valence-corrected chi connectivity index (χ4v) is 3.97. The summed E-state index contributed by atoms with van der Waals surface area (Å²) in [6.45, 7) is 2.90. The molecule has 0 unspecified atom stereocenters. The molecule has 4 aromatic rings. The Hall–Kier alpha value is -3.12. The van der Waals surface area contributed by atoms with Crippen molar-refractivity contribution in [3.8, 4) is 22.4 Å². The van der Waals surface area contributed by atoms with Crippen LogP contribution in [0.1, 0.15) is 16.7 Å². The van der Waals surface area contributed by atoms with Gasteiger partial charge in [-0.25, -0.2) is 9.37 Å². The molecule has 5 heteroatoms. The number of aromatic nitrogens is 1. The monoisotopic (exact) mass is 416 g/mol. The zero-order valence-corrected chi connectivity index (χ0v) is 17.4. The Morgan fingerprint density at radius 2 is 1.74 bits per heavy atom. The third-order valence-electron chi connectivity index (χ3n) is 5.55. The van der Waals surface area contributed by atoms with Crippen molar-refractivity contribution >= 4 is 10.9 Å². The van der Waals surface area contributed by atoms with Crippen molar-refractivity contribution in [1.82, 2.24) is 10.3 Å². The van der Waals surface area contributed by atoms with Crippen molar-refractivity contribution in [3.63, 3.8) is 0 Å². The van der Waals surface area contributed by atoms with E-state index in [2.05, 4.69) is 29.6 Å². The molecular weight excluding hydrogens is 391 g/mol. The average Bonchev–Trinajstić information content (AvgIpc) is 2.79. The molecule has 0 bridgehead atoms. The molecule has 0 spiro atoms. The van der Waals surface area contributed by atoms with Crippen molar-refractivity contribution in [2.24, 2.45) is 0 Å². The summed E-state index contributed by atoms with van der Waals surface area (Å²) in [5.74, 6) is -0.347. The lowest BCUT2D eigenvalue weighted by atomic mass is 9.93. The van der Waals surface area contributed by atoms with E-state index in [1.165, 1.54) is 12.1 Å². The molecule has 0 aliphatic heterocycles. The highest BCUT2D eigenvalue weighted by Crippen LogP contribution is 2.33. The number of benzene rings is 3. The molecule has 3 N–H and O–H groups in total. The van der Waals surface area contributed by atoms with Crippen LogP contribution in [-0.4, -0.2) is 28.3 Å². The summed E-state index contributed by atoms with van der Waals surface area (Å²) >= 11 is 0. The predicted octanol–water partition coefficient (Wildman–Crippen LogP) is 4.59. The van der Waals surface area contributed by atoms with Crippen LogP contribution in [0.3, 0.4) is 0 Å². The Balaban J connectivity index is 1.86. The molecule has 1 aromatic heterocycles. The first-order valence-electron chi connectivity index (χ1n) is 10.3. The molecule has 0 aliphatic rings. The van der Waals surface area contributed by atoms with Gasteiger partial charge >= 0.3 is 0 Å². The first-order valence-corrected chi connectivity index (χ1v) is 10.3. The highest BCUT2D eigenvalue weighted by atomic mass is 19.1. The van der Waals surface area contributed by atoms with Crippen LogP contribution >= 0.6 is 0 Å². The number of nitrogens with zero attached hydrogens (tertiary/aromatic N) is 1. The average molecular weight is 416 g/mol. The van der Waals surface area contributed by atoms with Gasteiger partial charge < -0.3 is 15.5 Å². The van der Waals surface area contributed by atoms with Gasteiger partial charge in [-0.05, 0) is 59.0 Å². The molecule has 0 saturated carbocycles. The Kier molecular flexibility index (Phi) is 6.37. The van der Waals surface area contributed by atoms with E-state index in [9.17, 15) is 9.50 Å². The number of hydrogen-bond donors (Lipinski definition) is 3. The largest absolute Gasteiger partial charge is 0.395 e. The lowest BCUT2D eigenvalue weighted by Gasteiger charge is -2.16. The minimum Gasteiger partial charge on any atom is -0.395 e. The van der Waals surface area contributed by atoms with Crippen LogP contribution in [-0.2, 0) is 13.2 Å². The lowest BCUT2D eigenvalue weighted by Crippen LogP contribution is -2.18. The zero-order chi connectivity index (χ0) is 21.8. The normalized spacial score (nSPS) is 11.2. The van der Waals surface area contributed by atoms with Crippen LogP contribution in [0.4, 0.5) is 4.39 Å². The van der Waals surface area contributed by atoms with Gasteiger partial charge in [-0.3, -0.25) is 0 Å². The molecule has 0 atom stereocenters. The van der Waals surface area contributed by atoms with Gasteiger partial charge in [0.05, 0.1) is 24.4 Å². The lowest BCUT2D eigenvalue weighted by molar-refractivity contribution is 0.282. The van der Waals surface area contributed by atoms with Gasteiger partial charge in [0.25, 0.3) is 0 Å². The van der Waals surface area contributed by atoms with Crippen molar-refractivity contribution in [2.75, 3.05) is 13.2 Å². The fourth-order valence-electron chi connectivity index (χ4n) is 3.97. The Labute approximate surface area is 181 Å². The molecule has 4 nitrogen and oxygen atoms in total. The number of aliphatic hydroxyl groups excluding tert-OH is 2. The summed E-state index contributed by atoms with van der Waals surface area (Å²) in [6.07, 6.45) is 0. The summed E-state index contributed by atoms with van der Waals surface area (Å²) in [6, 6.07) is 20.8. The van der Waals surface area contributed by atoms with Crippen molar-refractivity contribution in [1.29, 1.82) is 0 Å². The molecular formula is C26H25FN2O2. The number of hydrogen-bond acceptors (Lipinski definition) is 4. The van der Waals surface area contributed by atoms with Gasteiger partial charge in [0, 0.05) is 24.0 Å². The van der Waals surface area contributed by atoms with Gasteiger partial charge in [-0.2, -0.15) is 0 Å². The quantitative estimate of drug-likeness (QED) is 0.386. The molecule has 0 fully saturated rings. The minimum atomic E-state index is -0.347. The number of nitrogens with one attached hydrogen (secondary N) is 1. The van der Waals surface area contributed by atoms with Crippen molar-refractivity contribution < 1.29 is 14.6 Å². The van der Waals surface area contributed by atoms with E-state index in [1.54, 1.807) is 6.07 Å². The maximum atomic E-state index is 13.8. The first kappa shape index (κ1) is 21.1. The molecule has 0 aliphatic carbocycles. The molecule has 0 amide bonds. The molecule has 1 heterocycles. The van der Waals surface area contributed by atoms with Gasteiger partial charge in [0.2, 0.25) is 0 Å². The second-order valence-corrected chi connectivity index (χ2v) is 7.52. The van der Waals surface area contributed by atoms with Gasteiger partial charge in [0.1, 0.15) is 5.82 Å². The van der Waals surface area contributed by atoms with Crippen LogP contribution in [0.15, 0.2) is 66.7 Å². The first-order chi connectivity index (χ1) is 15.1. The second-order valence-electron chi connectivity index (χ2n) is 7.52. The van der Waals surface area contributed by atoms with E-state index in [-0.39, 0.29) is 19.0 Å². The van der Waals surface area contributed by atoms with Crippen LogP contribution < -0.4 is 5.32 Å². The molecule has 31 heavy (non-hydrogen) atoms. The minimum absolute atomic E-state index is 0.0715. The van der Waals surface area contributed by atoms with Crippen LogP contribution in [0.25, 0.3) is 33.3 Å². The highest BCUT2D eigenvalue weighted by Gasteiger charge is 2.15. The van der Waals surface area contributed by atoms with Gasteiger partial charge in [-0.15, -0.1) is 0 Å². The molecule has 158 valence electrons. The zero-order valence-electron chi connectivity index (χ0n) is 17.4. The van der Waals surface area contributed by atoms with Crippen LogP contribution in [0, 0.1) is 12.7 Å². The third-order valence-corrected chi connectivity index (χ3v) is 5.55. The number of pyridine rings is 1. The standard InChI is InChI=1S/C26H25FN2O2/c1-17-24(16-31)23-14-21(27)8-10-25(23)29-26(17)19-7-9-22(18-5-3-2-4-6-18)20(13-19)15-28-11-12-30/h2-10,13-14,28,30-31H,11-12,15-16H2,1H3. The van der Waals surface area contributed by atoms with E-state index in [4.69, 9.17) is 10.1 Å².